The van der Waals surface area contributed by atoms with Gasteiger partial charge in [0.15, 0.2) is 0 Å². The van der Waals surface area contributed by atoms with Crippen LogP contribution in [0.5, 0.6) is 0 Å². The molecule has 1 unspecified atom stereocenters. The number of thiazole rings is 1. The van der Waals surface area contributed by atoms with Crippen LogP contribution in [0.3, 0.4) is 0 Å². The monoisotopic (exact) mass is 295 g/mol. The maximum absolute atomic E-state index is 12.7. The molecule has 1 N–H and O–H groups in total. The minimum absolute atomic E-state index is 0.0440. The molecular formula is C14H21N3O2S. The zero-order valence-electron chi connectivity index (χ0n) is 12.6. The Bertz CT molecular complexity index is 552. The Morgan fingerprint density at radius 3 is 2.50 bits per heavy atom. The third-order valence-electron chi connectivity index (χ3n) is 4.00. The van der Waals surface area contributed by atoms with E-state index in [4.69, 9.17) is 0 Å². The molecule has 1 aliphatic heterocycles. The van der Waals surface area contributed by atoms with Crippen LogP contribution in [-0.2, 0) is 16.1 Å². The second kappa shape index (κ2) is 4.84. The number of nitrogens with zero attached hydrogens (tertiary/aromatic N) is 2. The average molecular weight is 295 g/mol. The lowest BCUT2D eigenvalue weighted by Gasteiger charge is -2.48. The van der Waals surface area contributed by atoms with Crippen LogP contribution < -0.4 is 5.32 Å². The molecule has 5 nitrogen and oxygen atoms in total. The summed E-state index contributed by atoms with van der Waals surface area (Å²) in [5.41, 5.74) is -0.737. The van der Waals surface area contributed by atoms with Crippen LogP contribution >= 0.6 is 11.3 Å². The van der Waals surface area contributed by atoms with E-state index in [-0.39, 0.29) is 11.8 Å². The van der Waals surface area contributed by atoms with Gasteiger partial charge in [0.2, 0.25) is 11.8 Å². The molecular weight excluding hydrogens is 274 g/mol. The van der Waals surface area contributed by atoms with E-state index in [1.807, 2.05) is 19.2 Å². The van der Waals surface area contributed by atoms with Crippen molar-refractivity contribution in [2.24, 2.45) is 0 Å². The second-order valence-corrected chi connectivity index (χ2v) is 6.92. The minimum atomic E-state index is -0.856. The molecule has 1 fully saturated rings. The van der Waals surface area contributed by atoms with Gasteiger partial charge in [-0.1, -0.05) is 6.92 Å². The standard InChI is InChI=1S/C14H21N3O2S/c1-6-14(5)12(19)17(13(3,4)11(18)16-14)7-10-15-9(2)8-20-10/h8H,6-7H2,1-5H3,(H,16,18). The summed E-state index contributed by atoms with van der Waals surface area (Å²) >= 11 is 1.52. The molecule has 0 saturated carbocycles. The Hall–Kier alpha value is -1.43. The van der Waals surface area contributed by atoms with E-state index >= 15 is 0 Å². The maximum atomic E-state index is 12.7. The van der Waals surface area contributed by atoms with Gasteiger partial charge in [0.05, 0.1) is 6.54 Å². The quantitative estimate of drug-likeness (QED) is 0.926. The molecule has 1 aromatic rings. The zero-order valence-corrected chi connectivity index (χ0v) is 13.4. The lowest BCUT2D eigenvalue weighted by Crippen LogP contribution is -2.72. The third-order valence-corrected chi connectivity index (χ3v) is 4.96. The lowest BCUT2D eigenvalue weighted by molar-refractivity contribution is -0.161. The van der Waals surface area contributed by atoms with Crippen molar-refractivity contribution < 1.29 is 9.59 Å². The van der Waals surface area contributed by atoms with Crippen LogP contribution in [0, 0.1) is 6.92 Å². The van der Waals surface area contributed by atoms with Crippen molar-refractivity contribution >= 4 is 23.2 Å². The van der Waals surface area contributed by atoms with Gasteiger partial charge in [-0.25, -0.2) is 4.98 Å². The molecule has 20 heavy (non-hydrogen) atoms. The predicted molar refractivity (Wildman–Crippen MR) is 78.3 cm³/mol. The summed E-state index contributed by atoms with van der Waals surface area (Å²) in [7, 11) is 0. The van der Waals surface area contributed by atoms with Crippen LogP contribution in [0.1, 0.15) is 44.8 Å². The SMILES string of the molecule is CCC1(C)NC(=O)C(C)(C)N(Cc2nc(C)cs2)C1=O. The van der Waals surface area contributed by atoms with E-state index in [9.17, 15) is 9.59 Å². The summed E-state index contributed by atoms with van der Waals surface area (Å²) in [5.74, 6) is -0.160. The predicted octanol–water partition coefficient (Wildman–Crippen LogP) is 1.86. The largest absolute Gasteiger partial charge is 0.340 e. The van der Waals surface area contributed by atoms with Crippen molar-refractivity contribution in [1.29, 1.82) is 0 Å². The summed E-state index contributed by atoms with van der Waals surface area (Å²) in [5, 5.41) is 5.67. The van der Waals surface area contributed by atoms with Crippen LogP contribution in [0.2, 0.25) is 0 Å². The minimum Gasteiger partial charge on any atom is -0.340 e. The highest BCUT2D eigenvalue weighted by atomic mass is 32.1. The van der Waals surface area contributed by atoms with Crippen LogP contribution in [0.25, 0.3) is 0 Å². The highest BCUT2D eigenvalue weighted by Crippen LogP contribution is 2.30. The molecule has 1 atom stereocenters. The Balaban J connectivity index is 2.35. The number of carbonyl (C=O) groups is 2. The maximum Gasteiger partial charge on any atom is 0.249 e. The molecule has 0 aliphatic carbocycles. The molecule has 2 heterocycles. The summed E-state index contributed by atoms with van der Waals surface area (Å²) in [6, 6.07) is 0. The lowest BCUT2D eigenvalue weighted by atomic mass is 9.87. The molecule has 0 bridgehead atoms. The van der Waals surface area contributed by atoms with Crippen molar-refractivity contribution in [3.8, 4) is 0 Å². The first-order chi connectivity index (χ1) is 9.20. The molecule has 1 saturated heterocycles. The van der Waals surface area contributed by atoms with E-state index in [2.05, 4.69) is 10.3 Å². The number of hydrogen-bond acceptors (Lipinski definition) is 4. The van der Waals surface area contributed by atoms with Gasteiger partial charge in [-0.05, 0) is 34.1 Å². The van der Waals surface area contributed by atoms with E-state index in [0.29, 0.717) is 13.0 Å². The fourth-order valence-electron chi connectivity index (χ4n) is 2.25. The fraction of sp³-hybridized carbons (Fsp3) is 0.643. The van der Waals surface area contributed by atoms with E-state index in [1.54, 1.807) is 25.7 Å². The molecule has 1 aromatic heterocycles. The van der Waals surface area contributed by atoms with Crippen molar-refractivity contribution in [1.82, 2.24) is 15.2 Å². The molecule has 0 radical (unpaired) electrons. The van der Waals surface area contributed by atoms with Gasteiger partial charge in [0, 0.05) is 11.1 Å². The first-order valence-electron chi connectivity index (χ1n) is 6.76. The van der Waals surface area contributed by atoms with Crippen molar-refractivity contribution in [3.63, 3.8) is 0 Å². The van der Waals surface area contributed by atoms with Gasteiger partial charge in [-0.2, -0.15) is 0 Å². The van der Waals surface area contributed by atoms with Crippen LogP contribution in [0.4, 0.5) is 0 Å². The number of rotatable bonds is 3. The van der Waals surface area contributed by atoms with Gasteiger partial charge in [0.1, 0.15) is 16.1 Å². The topological polar surface area (TPSA) is 62.3 Å². The fourth-order valence-corrected chi connectivity index (χ4v) is 3.01. The van der Waals surface area contributed by atoms with Gasteiger partial charge in [-0.15, -0.1) is 11.3 Å². The number of aryl methyl sites for hydroxylation is 1. The zero-order chi connectivity index (χ0) is 15.1. The Morgan fingerprint density at radius 2 is 2.00 bits per heavy atom. The van der Waals surface area contributed by atoms with Gasteiger partial charge in [0.25, 0.3) is 0 Å². The number of nitrogens with one attached hydrogen (secondary N) is 1. The summed E-state index contributed by atoms with van der Waals surface area (Å²) in [6.45, 7) is 9.54. The average Bonchev–Trinajstić information content (AvgIpc) is 2.78. The van der Waals surface area contributed by atoms with Gasteiger partial charge < -0.3 is 10.2 Å². The first kappa shape index (κ1) is 15.0. The number of piperazine rings is 1. The smallest absolute Gasteiger partial charge is 0.249 e. The molecule has 6 heteroatoms. The summed E-state index contributed by atoms with van der Waals surface area (Å²) < 4.78 is 0. The second-order valence-electron chi connectivity index (χ2n) is 5.97. The Morgan fingerprint density at radius 1 is 1.35 bits per heavy atom. The van der Waals surface area contributed by atoms with E-state index in [1.165, 1.54) is 11.3 Å². The van der Waals surface area contributed by atoms with Gasteiger partial charge >= 0.3 is 0 Å². The number of carbonyl (C=O) groups excluding carboxylic acids is 2. The molecule has 110 valence electrons. The molecule has 0 spiro atoms. The van der Waals surface area contributed by atoms with E-state index < -0.39 is 11.1 Å². The molecule has 2 rings (SSSR count). The highest BCUT2D eigenvalue weighted by Gasteiger charge is 2.51. The van der Waals surface area contributed by atoms with Crippen LogP contribution in [-0.4, -0.2) is 32.8 Å². The van der Waals surface area contributed by atoms with Gasteiger partial charge in [-0.3, -0.25) is 9.59 Å². The number of aromatic nitrogens is 1. The van der Waals surface area contributed by atoms with Crippen molar-refractivity contribution in [2.45, 2.75) is 58.7 Å². The van der Waals surface area contributed by atoms with Crippen molar-refractivity contribution in [2.75, 3.05) is 0 Å². The molecule has 2 amide bonds. The normalized spacial score (nSPS) is 25.8. The number of hydrogen-bond donors (Lipinski definition) is 1. The Labute approximate surface area is 123 Å². The van der Waals surface area contributed by atoms with Crippen molar-refractivity contribution in [3.05, 3.63) is 16.1 Å². The highest BCUT2D eigenvalue weighted by molar-refractivity contribution is 7.09. The molecule has 1 aliphatic rings. The molecule has 0 aromatic carbocycles. The summed E-state index contributed by atoms with van der Waals surface area (Å²) in [4.78, 5) is 31.1. The van der Waals surface area contributed by atoms with E-state index in [0.717, 1.165) is 10.7 Å². The Kier molecular flexibility index (Phi) is 3.62. The number of amides is 2. The first-order valence-corrected chi connectivity index (χ1v) is 7.64. The van der Waals surface area contributed by atoms with Crippen LogP contribution in [0.15, 0.2) is 5.38 Å². The third kappa shape index (κ3) is 2.32. The summed E-state index contributed by atoms with van der Waals surface area (Å²) in [6.07, 6.45) is 0.570.